The van der Waals surface area contributed by atoms with Gasteiger partial charge >= 0.3 is 0 Å². The molecule has 0 aromatic carbocycles. The zero-order valence-corrected chi connectivity index (χ0v) is 12.8. The number of amides is 1. The molecule has 1 N–H and O–H groups in total. The first-order valence-electron chi connectivity index (χ1n) is 6.73. The molecule has 0 aliphatic heterocycles. The summed E-state index contributed by atoms with van der Waals surface area (Å²) in [6.45, 7) is 13.7. The van der Waals surface area contributed by atoms with Gasteiger partial charge in [-0.05, 0) is 18.3 Å². The molecule has 1 fully saturated rings. The van der Waals surface area contributed by atoms with E-state index >= 15 is 0 Å². The third-order valence-electron chi connectivity index (χ3n) is 3.69. The fourth-order valence-corrected chi connectivity index (χ4v) is 1.83. The van der Waals surface area contributed by atoms with E-state index in [1.165, 1.54) is 0 Å². The molecule has 1 amide bonds. The van der Waals surface area contributed by atoms with E-state index < -0.39 is 11.5 Å². The van der Waals surface area contributed by atoms with Crippen molar-refractivity contribution >= 4 is 11.7 Å². The van der Waals surface area contributed by atoms with Gasteiger partial charge in [0.15, 0.2) is 5.78 Å². The molecule has 1 aliphatic rings. The minimum absolute atomic E-state index is 0.0278. The lowest BCUT2D eigenvalue weighted by atomic mass is 9.75. The van der Waals surface area contributed by atoms with Gasteiger partial charge in [0, 0.05) is 10.8 Å². The molecule has 104 valence electrons. The molecule has 3 nitrogen and oxygen atoms in total. The third kappa shape index (κ3) is 3.33. The maximum Gasteiger partial charge on any atom is 0.226 e. The molecule has 0 aromatic rings. The first-order chi connectivity index (χ1) is 7.88. The monoisotopic (exact) mass is 253 g/mol. The average Bonchev–Trinajstić information content (AvgIpc) is 2.89. The summed E-state index contributed by atoms with van der Waals surface area (Å²) in [6.07, 6.45) is 1.86. The Balaban J connectivity index is 2.87. The smallest absolute Gasteiger partial charge is 0.226 e. The first kappa shape index (κ1) is 15.2. The predicted molar refractivity (Wildman–Crippen MR) is 73.2 cm³/mol. The highest BCUT2D eigenvalue weighted by Gasteiger charge is 2.48. The SMILES string of the molecule is CC(C)(C)C(=O)[C@@H](NC(=O)C1(C)CC1)C(C)(C)C. The highest BCUT2D eigenvalue weighted by molar-refractivity contribution is 5.95. The van der Waals surface area contributed by atoms with E-state index in [2.05, 4.69) is 5.32 Å². The normalized spacial score (nSPS) is 20.2. The summed E-state index contributed by atoms with van der Waals surface area (Å²) in [4.78, 5) is 24.6. The van der Waals surface area contributed by atoms with Crippen LogP contribution in [-0.4, -0.2) is 17.7 Å². The Morgan fingerprint density at radius 3 is 1.78 bits per heavy atom. The van der Waals surface area contributed by atoms with Gasteiger partial charge in [-0.25, -0.2) is 0 Å². The lowest BCUT2D eigenvalue weighted by molar-refractivity contribution is -0.137. The number of carbonyl (C=O) groups excluding carboxylic acids is 2. The van der Waals surface area contributed by atoms with E-state index in [0.29, 0.717) is 0 Å². The molecule has 0 unspecified atom stereocenters. The predicted octanol–water partition coefficient (Wildman–Crippen LogP) is 2.93. The van der Waals surface area contributed by atoms with Crippen LogP contribution in [0.15, 0.2) is 0 Å². The van der Waals surface area contributed by atoms with Gasteiger partial charge in [-0.2, -0.15) is 0 Å². The van der Waals surface area contributed by atoms with Crippen LogP contribution in [0.1, 0.15) is 61.3 Å². The van der Waals surface area contributed by atoms with Crippen molar-refractivity contribution in [3.8, 4) is 0 Å². The van der Waals surface area contributed by atoms with Gasteiger partial charge in [0.05, 0.1) is 6.04 Å². The van der Waals surface area contributed by atoms with Crippen LogP contribution in [0.4, 0.5) is 0 Å². The number of hydrogen-bond donors (Lipinski definition) is 1. The second-order valence-electron chi connectivity index (χ2n) is 7.95. The highest BCUT2D eigenvalue weighted by Crippen LogP contribution is 2.45. The Hall–Kier alpha value is -0.860. The van der Waals surface area contributed by atoms with Crippen molar-refractivity contribution in [2.75, 3.05) is 0 Å². The van der Waals surface area contributed by atoms with Crippen molar-refractivity contribution in [2.45, 2.75) is 67.3 Å². The van der Waals surface area contributed by atoms with Crippen molar-refractivity contribution in [3.63, 3.8) is 0 Å². The number of nitrogens with one attached hydrogen (secondary N) is 1. The van der Waals surface area contributed by atoms with E-state index in [1.807, 2.05) is 48.5 Å². The summed E-state index contributed by atoms with van der Waals surface area (Å²) in [7, 11) is 0. The van der Waals surface area contributed by atoms with E-state index in [0.717, 1.165) is 12.8 Å². The largest absolute Gasteiger partial charge is 0.345 e. The summed E-state index contributed by atoms with van der Waals surface area (Å²) in [5.41, 5.74) is -0.928. The van der Waals surface area contributed by atoms with Crippen LogP contribution in [0.3, 0.4) is 0 Å². The number of hydrogen-bond acceptors (Lipinski definition) is 2. The maximum atomic E-state index is 12.5. The molecular weight excluding hydrogens is 226 g/mol. The molecule has 1 rings (SSSR count). The van der Waals surface area contributed by atoms with Crippen LogP contribution in [0.2, 0.25) is 0 Å². The first-order valence-corrected chi connectivity index (χ1v) is 6.73. The van der Waals surface area contributed by atoms with Gasteiger partial charge in [-0.3, -0.25) is 9.59 Å². The lowest BCUT2D eigenvalue weighted by Gasteiger charge is -2.35. The molecule has 18 heavy (non-hydrogen) atoms. The van der Waals surface area contributed by atoms with Crippen molar-refractivity contribution < 1.29 is 9.59 Å². The molecular formula is C15H27NO2. The van der Waals surface area contributed by atoms with Crippen molar-refractivity contribution in [1.82, 2.24) is 5.32 Å². The molecule has 0 radical (unpaired) electrons. The van der Waals surface area contributed by atoms with Crippen LogP contribution in [-0.2, 0) is 9.59 Å². The fourth-order valence-electron chi connectivity index (χ4n) is 1.83. The maximum absolute atomic E-state index is 12.5. The summed E-state index contributed by atoms with van der Waals surface area (Å²) in [5.74, 6) is 0.132. The van der Waals surface area contributed by atoms with Crippen LogP contribution < -0.4 is 5.32 Å². The second-order valence-corrected chi connectivity index (χ2v) is 7.95. The van der Waals surface area contributed by atoms with Crippen LogP contribution in [0.25, 0.3) is 0 Å². The van der Waals surface area contributed by atoms with Gasteiger partial charge in [0.25, 0.3) is 0 Å². The Bertz CT molecular complexity index is 354. The zero-order chi connectivity index (χ0) is 14.4. The van der Waals surface area contributed by atoms with E-state index in [1.54, 1.807) is 0 Å². The van der Waals surface area contributed by atoms with Gasteiger partial charge in [0.1, 0.15) is 0 Å². The quantitative estimate of drug-likeness (QED) is 0.840. The van der Waals surface area contributed by atoms with Crippen LogP contribution in [0.5, 0.6) is 0 Å². The fraction of sp³-hybridized carbons (Fsp3) is 0.867. The van der Waals surface area contributed by atoms with Crippen LogP contribution in [0, 0.1) is 16.2 Å². The molecule has 0 bridgehead atoms. The Kier molecular flexibility index (Phi) is 3.68. The Morgan fingerprint density at radius 1 is 1.06 bits per heavy atom. The minimum atomic E-state index is -0.435. The molecule has 1 atom stereocenters. The Morgan fingerprint density at radius 2 is 1.50 bits per heavy atom. The van der Waals surface area contributed by atoms with E-state index in [-0.39, 0.29) is 22.5 Å². The number of carbonyl (C=O) groups is 2. The number of Topliss-reactive ketones (excluding diaryl/α,β-unsaturated/α-hetero) is 1. The number of rotatable bonds is 3. The summed E-state index contributed by atoms with van der Waals surface area (Å²) < 4.78 is 0. The van der Waals surface area contributed by atoms with Gasteiger partial charge in [0.2, 0.25) is 5.91 Å². The van der Waals surface area contributed by atoms with Crippen LogP contribution >= 0.6 is 0 Å². The van der Waals surface area contributed by atoms with Gasteiger partial charge in [-0.15, -0.1) is 0 Å². The highest BCUT2D eigenvalue weighted by atomic mass is 16.2. The topological polar surface area (TPSA) is 46.2 Å². The van der Waals surface area contributed by atoms with E-state index in [4.69, 9.17) is 0 Å². The van der Waals surface area contributed by atoms with Crippen molar-refractivity contribution in [2.24, 2.45) is 16.2 Å². The molecule has 1 aliphatic carbocycles. The average molecular weight is 253 g/mol. The Labute approximate surface area is 111 Å². The zero-order valence-electron chi connectivity index (χ0n) is 12.8. The van der Waals surface area contributed by atoms with Gasteiger partial charge < -0.3 is 5.32 Å². The molecule has 3 heteroatoms. The molecule has 0 spiro atoms. The van der Waals surface area contributed by atoms with Crippen molar-refractivity contribution in [1.29, 1.82) is 0 Å². The second kappa shape index (κ2) is 4.36. The summed E-state index contributed by atoms with van der Waals surface area (Å²) in [5, 5.41) is 2.98. The molecule has 1 saturated carbocycles. The molecule has 0 heterocycles. The minimum Gasteiger partial charge on any atom is -0.345 e. The molecule has 0 aromatic heterocycles. The lowest BCUT2D eigenvalue weighted by Crippen LogP contribution is -2.54. The summed E-state index contributed by atoms with van der Waals surface area (Å²) >= 11 is 0. The standard InChI is InChI=1S/C15H27NO2/c1-13(2,3)10(11(17)14(4,5)6)16-12(18)15(7)8-9-15/h10H,8-9H2,1-7H3,(H,16,18)/t10-/m1/s1. The van der Waals surface area contributed by atoms with Crippen molar-refractivity contribution in [3.05, 3.63) is 0 Å². The third-order valence-corrected chi connectivity index (χ3v) is 3.69. The van der Waals surface area contributed by atoms with Gasteiger partial charge in [-0.1, -0.05) is 48.5 Å². The van der Waals surface area contributed by atoms with E-state index in [9.17, 15) is 9.59 Å². The summed E-state index contributed by atoms with van der Waals surface area (Å²) in [6, 6.07) is -0.414. The number of ketones is 1. The molecule has 0 saturated heterocycles.